The van der Waals surface area contributed by atoms with Crippen LogP contribution in [0.5, 0.6) is 0 Å². The molecule has 2 fully saturated rings. The number of ketones is 1. The van der Waals surface area contributed by atoms with Gasteiger partial charge in [-0.1, -0.05) is 61.0 Å². The monoisotopic (exact) mass is 626 g/mol. The number of carbonyl (C=O) groups is 2. The number of ether oxygens (including phenoxy) is 1. The number of hydrogen-bond donors (Lipinski definition) is 1. The number of allylic oxidation sites excluding steroid dienone is 4. The second kappa shape index (κ2) is 11.0. The molecule has 0 bridgehead atoms. The molecule has 0 amide bonds. The zero-order chi connectivity index (χ0) is 32.4. The third-order valence-electron chi connectivity index (χ3n) is 10.9. The summed E-state index contributed by atoms with van der Waals surface area (Å²) < 4.78 is 76.5. The summed E-state index contributed by atoms with van der Waals surface area (Å²) in [6.07, 6.45) is 0.899. The Morgan fingerprint density at radius 1 is 0.933 bits per heavy atom. The van der Waals surface area contributed by atoms with Crippen molar-refractivity contribution < 1.29 is 41.4 Å². The zero-order valence-corrected chi connectivity index (χ0v) is 25.1. The van der Waals surface area contributed by atoms with Crippen molar-refractivity contribution in [2.45, 2.75) is 75.5 Å². The molecule has 2 saturated carbocycles. The molecule has 0 spiro atoms. The van der Waals surface area contributed by atoms with Crippen LogP contribution in [0.15, 0.2) is 71.3 Å². The van der Waals surface area contributed by atoms with Crippen molar-refractivity contribution in [1.82, 2.24) is 0 Å². The fourth-order valence-corrected chi connectivity index (χ4v) is 8.59. The maximum atomic E-state index is 15.2. The molecule has 4 aliphatic rings. The van der Waals surface area contributed by atoms with Crippen molar-refractivity contribution in [2.75, 3.05) is 7.11 Å². The minimum Gasteiger partial charge on any atom is -0.465 e. The molecule has 0 radical (unpaired) electrons. The van der Waals surface area contributed by atoms with E-state index in [-0.39, 0.29) is 24.5 Å². The number of rotatable bonds is 5. The van der Waals surface area contributed by atoms with Gasteiger partial charge in [0.2, 0.25) is 0 Å². The smallest absolute Gasteiger partial charge is 0.456 e. The number of alkyl halides is 5. The fourth-order valence-electron chi connectivity index (χ4n) is 8.59. The Bertz CT molecular complexity index is 1600. The van der Waals surface area contributed by atoms with Crippen LogP contribution in [0, 0.1) is 17.3 Å². The summed E-state index contributed by atoms with van der Waals surface area (Å²) in [6, 6.07) is 14.4. The molecule has 2 aromatic rings. The van der Waals surface area contributed by atoms with Crippen molar-refractivity contribution in [3.63, 3.8) is 0 Å². The summed E-state index contributed by atoms with van der Waals surface area (Å²) in [4.78, 5) is 24.0. The minimum atomic E-state index is -5.88. The SMILES string of the molecule is COC(=O)c1ccc(C=Cc2ccc([C@H]3C[C@@]4(C)[C@@H](CC[C@@]4(O)C(F)(F)C(F)(F)F)[C@@H]4CCC5=CC(=O)CCC5=C43)cc2)cc1. The molecule has 0 saturated heterocycles. The van der Waals surface area contributed by atoms with Gasteiger partial charge in [-0.15, -0.1) is 0 Å². The summed E-state index contributed by atoms with van der Waals surface area (Å²) in [5.41, 5.74) is 1.01. The second-order valence-electron chi connectivity index (χ2n) is 13.1. The van der Waals surface area contributed by atoms with Crippen molar-refractivity contribution in [2.24, 2.45) is 17.3 Å². The van der Waals surface area contributed by atoms with Crippen LogP contribution in [-0.2, 0) is 9.53 Å². The third-order valence-corrected chi connectivity index (χ3v) is 10.9. The maximum Gasteiger partial charge on any atom is 0.456 e. The van der Waals surface area contributed by atoms with Gasteiger partial charge in [-0.05, 0) is 96.4 Å². The average molecular weight is 627 g/mol. The molecular formula is C36H35F5O4. The van der Waals surface area contributed by atoms with E-state index in [2.05, 4.69) is 0 Å². The Morgan fingerprint density at radius 3 is 2.16 bits per heavy atom. The van der Waals surface area contributed by atoms with Gasteiger partial charge in [0.25, 0.3) is 0 Å². The lowest BCUT2D eigenvalue weighted by Crippen LogP contribution is -2.65. The first-order valence-corrected chi connectivity index (χ1v) is 15.3. The van der Waals surface area contributed by atoms with Gasteiger partial charge in [0, 0.05) is 17.8 Å². The van der Waals surface area contributed by atoms with E-state index in [4.69, 9.17) is 4.74 Å². The highest BCUT2D eigenvalue weighted by atomic mass is 19.4. The van der Waals surface area contributed by atoms with Gasteiger partial charge < -0.3 is 9.84 Å². The van der Waals surface area contributed by atoms with Crippen molar-refractivity contribution in [3.8, 4) is 0 Å². The average Bonchev–Trinajstić information content (AvgIpc) is 3.30. The first-order chi connectivity index (χ1) is 21.2. The number of carbonyl (C=O) groups excluding carboxylic acids is 2. The first-order valence-electron chi connectivity index (χ1n) is 15.3. The molecule has 4 nitrogen and oxygen atoms in total. The van der Waals surface area contributed by atoms with Crippen molar-refractivity contribution >= 4 is 23.9 Å². The molecule has 5 atom stereocenters. The van der Waals surface area contributed by atoms with E-state index >= 15 is 8.78 Å². The largest absolute Gasteiger partial charge is 0.465 e. The summed E-state index contributed by atoms with van der Waals surface area (Å²) >= 11 is 0. The van der Waals surface area contributed by atoms with Gasteiger partial charge in [0.1, 0.15) is 5.60 Å². The molecule has 2 aromatic carbocycles. The van der Waals surface area contributed by atoms with Gasteiger partial charge in [0.05, 0.1) is 12.7 Å². The first kappa shape index (κ1) is 31.4. The number of benzene rings is 2. The lowest BCUT2D eigenvalue weighted by Gasteiger charge is -2.56. The molecule has 0 heterocycles. The summed E-state index contributed by atoms with van der Waals surface area (Å²) in [7, 11) is 1.31. The van der Waals surface area contributed by atoms with Crippen LogP contribution in [0.25, 0.3) is 12.2 Å². The molecule has 6 rings (SSSR count). The Kier molecular flexibility index (Phi) is 7.70. The third kappa shape index (κ3) is 4.98. The zero-order valence-electron chi connectivity index (χ0n) is 25.1. The molecule has 0 aliphatic heterocycles. The fraction of sp³-hybridized carbons (Fsp3) is 0.444. The number of fused-ring (bicyclic) bond motifs is 4. The van der Waals surface area contributed by atoms with Gasteiger partial charge >= 0.3 is 18.1 Å². The Balaban J connectivity index is 1.37. The predicted octanol–water partition coefficient (Wildman–Crippen LogP) is 8.47. The highest BCUT2D eigenvalue weighted by molar-refractivity contribution is 5.93. The van der Waals surface area contributed by atoms with Gasteiger partial charge in [-0.25, -0.2) is 4.79 Å². The highest BCUT2D eigenvalue weighted by Crippen LogP contribution is 2.70. The van der Waals surface area contributed by atoms with Gasteiger partial charge in [-0.2, -0.15) is 22.0 Å². The van der Waals surface area contributed by atoms with Crippen LogP contribution in [0.4, 0.5) is 22.0 Å². The van der Waals surface area contributed by atoms with E-state index in [1.54, 1.807) is 30.3 Å². The second-order valence-corrected chi connectivity index (χ2v) is 13.1. The van der Waals surface area contributed by atoms with E-state index in [0.29, 0.717) is 31.2 Å². The quantitative estimate of drug-likeness (QED) is 0.206. The summed E-state index contributed by atoms with van der Waals surface area (Å²) in [5.74, 6) is -6.94. The van der Waals surface area contributed by atoms with E-state index in [1.165, 1.54) is 14.0 Å². The van der Waals surface area contributed by atoms with Crippen LogP contribution in [0.2, 0.25) is 0 Å². The van der Waals surface area contributed by atoms with Gasteiger partial charge in [-0.3, -0.25) is 4.79 Å². The van der Waals surface area contributed by atoms with E-state index in [0.717, 1.165) is 33.4 Å². The van der Waals surface area contributed by atoms with Crippen LogP contribution in [-0.4, -0.2) is 41.7 Å². The highest BCUT2D eigenvalue weighted by Gasteiger charge is 2.79. The van der Waals surface area contributed by atoms with E-state index in [1.807, 2.05) is 36.4 Å². The molecule has 45 heavy (non-hydrogen) atoms. The standard InChI is InChI=1S/C36H35F5O4/c1-33-20-29(23-9-5-21(6-10-23)3-4-22-7-11-24(12-8-22)32(43)45-2)31-27-16-14-26(42)19-25(27)13-15-28(31)30(33)17-18-34(33,44)35(37,38)36(39,40)41/h3-12,19,28-30,44H,13-18,20H2,1-2H3/t28-,29+,30-,33-,34-/m0/s1. The Labute approximate surface area is 258 Å². The normalized spacial score (nSPS) is 30.1. The van der Waals surface area contributed by atoms with Crippen molar-refractivity contribution in [3.05, 3.63) is 93.6 Å². The maximum absolute atomic E-state index is 15.2. The summed E-state index contributed by atoms with van der Waals surface area (Å²) in [6.45, 7) is 1.43. The Morgan fingerprint density at radius 2 is 1.56 bits per heavy atom. The molecule has 0 unspecified atom stereocenters. The lowest BCUT2D eigenvalue weighted by atomic mass is 9.50. The number of aliphatic hydroxyl groups is 1. The topological polar surface area (TPSA) is 63.6 Å². The van der Waals surface area contributed by atoms with Crippen LogP contribution in [0.1, 0.15) is 84.8 Å². The molecule has 0 aromatic heterocycles. The number of halogens is 5. The molecule has 4 aliphatic carbocycles. The molecule has 1 N–H and O–H groups in total. The molecular weight excluding hydrogens is 591 g/mol. The van der Waals surface area contributed by atoms with Crippen molar-refractivity contribution in [1.29, 1.82) is 0 Å². The lowest BCUT2D eigenvalue weighted by molar-refractivity contribution is -0.362. The van der Waals surface area contributed by atoms with Crippen LogP contribution < -0.4 is 0 Å². The number of methoxy groups -OCH3 is 1. The number of hydrogen-bond acceptors (Lipinski definition) is 4. The minimum absolute atomic E-state index is 0.0427. The summed E-state index contributed by atoms with van der Waals surface area (Å²) in [5, 5.41) is 11.4. The van der Waals surface area contributed by atoms with E-state index in [9.17, 15) is 27.9 Å². The van der Waals surface area contributed by atoms with Crippen LogP contribution >= 0.6 is 0 Å². The Hall–Kier alpha value is -3.59. The molecule has 9 heteroatoms. The predicted molar refractivity (Wildman–Crippen MR) is 159 cm³/mol. The molecule has 238 valence electrons. The van der Waals surface area contributed by atoms with Gasteiger partial charge in [0.15, 0.2) is 5.78 Å². The van der Waals surface area contributed by atoms with E-state index < -0.39 is 47.3 Å². The van der Waals surface area contributed by atoms with Crippen LogP contribution in [0.3, 0.4) is 0 Å². The number of esters is 1.